The lowest BCUT2D eigenvalue weighted by Crippen LogP contribution is -2.36. The standard InChI is InChI=1S/C19H22N2O2/c1-23-17-12-6-5-11-16(17)20-18(15-9-3-2-4-10-15)19(22)21-13-7-8-14-21/h2-6,9-12,18,20H,7-8,13-14H2,1H3/t18-/m0/s1. The topological polar surface area (TPSA) is 41.6 Å². The van der Waals surface area contributed by atoms with Crippen molar-refractivity contribution in [3.63, 3.8) is 0 Å². The highest BCUT2D eigenvalue weighted by Crippen LogP contribution is 2.29. The Labute approximate surface area is 137 Å². The normalized spacial score (nSPS) is 15.3. The van der Waals surface area contributed by atoms with Gasteiger partial charge in [-0.3, -0.25) is 4.79 Å². The SMILES string of the molecule is COc1ccccc1N[C@H](C(=O)N1CCCC1)c1ccccc1. The molecule has 0 radical (unpaired) electrons. The van der Waals surface area contributed by atoms with Gasteiger partial charge in [-0.1, -0.05) is 42.5 Å². The highest BCUT2D eigenvalue weighted by atomic mass is 16.5. The number of likely N-dealkylation sites (tertiary alicyclic amines) is 1. The van der Waals surface area contributed by atoms with E-state index in [1.165, 1.54) is 0 Å². The van der Waals surface area contributed by atoms with Gasteiger partial charge in [0.1, 0.15) is 11.8 Å². The van der Waals surface area contributed by atoms with Crippen molar-refractivity contribution < 1.29 is 9.53 Å². The molecule has 2 aromatic carbocycles. The van der Waals surface area contributed by atoms with Crippen LogP contribution in [0.3, 0.4) is 0 Å². The Bertz CT molecular complexity index is 651. The first kappa shape index (κ1) is 15.4. The summed E-state index contributed by atoms with van der Waals surface area (Å²) in [5, 5.41) is 3.38. The van der Waals surface area contributed by atoms with Gasteiger partial charge in [0.05, 0.1) is 12.8 Å². The van der Waals surface area contributed by atoms with Crippen molar-refractivity contribution in [1.29, 1.82) is 0 Å². The van der Waals surface area contributed by atoms with Crippen molar-refractivity contribution in [2.45, 2.75) is 18.9 Å². The van der Waals surface area contributed by atoms with E-state index >= 15 is 0 Å². The minimum atomic E-state index is -0.398. The average Bonchev–Trinajstić information content (AvgIpc) is 3.15. The van der Waals surface area contributed by atoms with Crippen LogP contribution in [0.5, 0.6) is 5.75 Å². The maximum absolute atomic E-state index is 13.0. The number of benzene rings is 2. The summed E-state index contributed by atoms with van der Waals surface area (Å²) in [4.78, 5) is 14.9. The van der Waals surface area contributed by atoms with Crippen molar-refractivity contribution in [2.24, 2.45) is 0 Å². The van der Waals surface area contributed by atoms with E-state index in [0.717, 1.165) is 42.9 Å². The van der Waals surface area contributed by atoms with Gasteiger partial charge >= 0.3 is 0 Å². The molecular weight excluding hydrogens is 288 g/mol. The van der Waals surface area contributed by atoms with Crippen LogP contribution in [0.1, 0.15) is 24.4 Å². The van der Waals surface area contributed by atoms with Crippen molar-refractivity contribution in [3.05, 3.63) is 60.2 Å². The lowest BCUT2D eigenvalue weighted by molar-refractivity contribution is -0.131. The van der Waals surface area contributed by atoms with Gasteiger partial charge in [0.25, 0.3) is 0 Å². The molecule has 23 heavy (non-hydrogen) atoms. The predicted molar refractivity (Wildman–Crippen MR) is 91.6 cm³/mol. The molecule has 1 amide bonds. The van der Waals surface area contributed by atoms with E-state index in [1.54, 1.807) is 7.11 Å². The van der Waals surface area contributed by atoms with Crippen molar-refractivity contribution in [3.8, 4) is 5.75 Å². The van der Waals surface area contributed by atoms with Gasteiger partial charge in [0, 0.05) is 13.1 Å². The zero-order chi connectivity index (χ0) is 16.1. The molecule has 0 unspecified atom stereocenters. The maximum Gasteiger partial charge on any atom is 0.249 e. The number of anilines is 1. The Morgan fingerprint density at radius 3 is 2.39 bits per heavy atom. The molecule has 1 saturated heterocycles. The van der Waals surface area contributed by atoms with Gasteiger partial charge in [-0.25, -0.2) is 0 Å². The fourth-order valence-electron chi connectivity index (χ4n) is 2.97. The van der Waals surface area contributed by atoms with Gasteiger partial charge in [-0.05, 0) is 30.5 Å². The van der Waals surface area contributed by atoms with Crippen LogP contribution in [-0.4, -0.2) is 31.0 Å². The minimum absolute atomic E-state index is 0.125. The summed E-state index contributed by atoms with van der Waals surface area (Å²) >= 11 is 0. The van der Waals surface area contributed by atoms with Gasteiger partial charge in [0.15, 0.2) is 0 Å². The monoisotopic (exact) mass is 310 g/mol. The number of para-hydroxylation sites is 2. The van der Waals surface area contributed by atoms with Gasteiger partial charge in [0.2, 0.25) is 5.91 Å². The largest absolute Gasteiger partial charge is 0.495 e. The molecular formula is C19H22N2O2. The molecule has 3 rings (SSSR count). The van der Waals surface area contributed by atoms with Crippen LogP contribution in [0.4, 0.5) is 5.69 Å². The number of carbonyl (C=O) groups is 1. The Morgan fingerprint density at radius 2 is 1.70 bits per heavy atom. The molecule has 1 aliphatic rings. The van der Waals surface area contributed by atoms with Crippen LogP contribution in [0.15, 0.2) is 54.6 Å². The first-order chi connectivity index (χ1) is 11.3. The molecule has 2 aromatic rings. The van der Waals surface area contributed by atoms with Gasteiger partial charge in [-0.2, -0.15) is 0 Å². The molecule has 0 saturated carbocycles. The Morgan fingerprint density at radius 1 is 1.04 bits per heavy atom. The minimum Gasteiger partial charge on any atom is -0.495 e. The quantitative estimate of drug-likeness (QED) is 0.919. The number of ether oxygens (including phenoxy) is 1. The molecule has 1 aliphatic heterocycles. The average molecular weight is 310 g/mol. The number of nitrogens with one attached hydrogen (secondary N) is 1. The summed E-state index contributed by atoms with van der Waals surface area (Å²) in [5.41, 5.74) is 1.80. The number of methoxy groups -OCH3 is 1. The second kappa shape index (κ2) is 7.18. The summed E-state index contributed by atoms with van der Waals surface area (Å²) in [6, 6.07) is 17.2. The van der Waals surface area contributed by atoms with Crippen LogP contribution in [-0.2, 0) is 4.79 Å². The van der Waals surface area contributed by atoms with E-state index < -0.39 is 6.04 Å². The predicted octanol–water partition coefficient (Wildman–Crippen LogP) is 3.47. The summed E-state index contributed by atoms with van der Waals surface area (Å²) in [5.74, 6) is 0.863. The molecule has 1 N–H and O–H groups in total. The summed E-state index contributed by atoms with van der Waals surface area (Å²) < 4.78 is 5.40. The molecule has 1 heterocycles. The number of carbonyl (C=O) groups excluding carboxylic acids is 1. The maximum atomic E-state index is 13.0. The molecule has 4 heteroatoms. The third-order valence-corrected chi connectivity index (χ3v) is 4.20. The first-order valence-electron chi connectivity index (χ1n) is 8.03. The Hall–Kier alpha value is -2.49. The van der Waals surface area contributed by atoms with Crippen molar-refractivity contribution in [1.82, 2.24) is 4.90 Å². The second-order valence-electron chi connectivity index (χ2n) is 5.72. The van der Waals surface area contributed by atoms with E-state index in [2.05, 4.69) is 5.32 Å². The van der Waals surface area contributed by atoms with Crippen LogP contribution in [0.2, 0.25) is 0 Å². The van der Waals surface area contributed by atoms with E-state index in [9.17, 15) is 4.79 Å². The molecule has 0 bridgehead atoms. The number of rotatable bonds is 5. The zero-order valence-corrected chi connectivity index (χ0v) is 13.4. The first-order valence-corrected chi connectivity index (χ1v) is 8.03. The van der Waals surface area contributed by atoms with E-state index in [1.807, 2.05) is 59.5 Å². The van der Waals surface area contributed by atoms with E-state index in [0.29, 0.717) is 0 Å². The second-order valence-corrected chi connectivity index (χ2v) is 5.72. The highest BCUT2D eigenvalue weighted by Gasteiger charge is 2.28. The molecule has 1 fully saturated rings. The fourth-order valence-corrected chi connectivity index (χ4v) is 2.97. The molecule has 4 nitrogen and oxygen atoms in total. The lowest BCUT2D eigenvalue weighted by atomic mass is 10.0. The van der Waals surface area contributed by atoms with Crippen molar-refractivity contribution in [2.75, 3.05) is 25.5 Å². The number of amides is 1. The highest BCUT2D eigenvalue weighted by molar-refractivity contribution is 5.86. The number of nitrogens with zero attached hydrogens (tertiary/aromatic N) is 1. The number of hydrogen-bond acceptors (Lipinski definition) is 3. The van der Waals surface area contributed by atoms with Gasteiger partial charge in [-0.15, -0.1) is 0 Å². The van der Waals surface area contributed by atoms with E-state index in [4.69, 9.17) is 4.74 Å². The van der Waals surface area contributed by atoms with E-state index in [-0.39, 0.29) is 5.91 Å². The Balaban J connectivity index is 1.90. The van der Waals surface area contributed by atoms with Gasteiger partial charge < -0.3 is 15.0 Å². The zero-order valence-electron chi connectivity index (χ0n) is 13.4. The summed E-state index contributed by atoms with van der Waals surface area (Å²) in [7, 11) is 1.64. The number of hydrogen-bond donors (Lipinski definition) is 1. The smallest absolute Gasteiger partial charge is 0.249 e. The van der Waals surface area contributed by atoms with Crippen LogP contribution in [0, 0.1) is 0 Å². The van der Waals surface area contributed by atoms with Crippen LogP contribution in [0.25, 0.3) is 0 Å². The third kappa shape index (κ3) is 3.47. The van der Waals surface area contributed by atoms with Crippen LogP contribution >= 0.6 is 0 Å². The fraction of sp³-hybridized carbons (Fsp3) is 0.316. The summed E-state index contributed by atoms with van der Waals surface area (Å²) in [6.45, 7) is 1.69. The molecule has 120 valence electrons. The summed E-state index contributed by atoms with van der Waals surface area (Å²) in [6.07, 6.45) is 2.17. The lowest BCUT2D eigenvalue weighted by Gasteiger charge is -2.26. The molecule has 0 aromatic heterocycles. The van der Waals surface area contributed by atoms with Crippen molar-refractivity contribution >= 4 is 11.6 Å². The Kier molecular flexibility index (Phi) is 4.81. The third-order valence-electron chi connectivity index (χ3n) is 4.20. The van der Waals surface area contributed by atoms with Crippen LogP contribution < -0.4 is 10.1 Å². The molecule has 1 atom stereocenters. The molecule has 0 aliphatic carbocycles. The molecule has 0 spiro atoms.